The summed E-state index contributed by atoms with van der Waals surface area (Å²) in [4.78, 5) is 0.376. The van der Waals surface area contributed by atoms with Gasteiger partial charge in [0.2, 0.25) is 0 Å². The van der Waals surface area contributed by atoms with Crippen LogP contribution in [0.5, 0.6) is 0 Å². The normalized spacial score (nSPS) is 11.6. The zero-order chi connectivity index (χ0) is 10.8. The number of sulfone groups is 1. The van der Waals surface area contributed by atoms with Crippen molar-refractivity contribution in [1.29, 1.82) is 0 Å². The molecule has 0 aliphatic heterocycles. The van der Waals surface area contributed by atoms with E-state index in [2.05, 4.69) is 21.2 Å². The first-order valence-corrected chi connectivity index (χ1v) is 6.76. The molecule has 1 aromatic rings. The van der Waals surface area contributed by atoms with Gasteiger partial charge >= 0.3 is 0 Å². The summed E-state index contributed by atoms with van der Waals surface area (Å²) in [7, 11) is -1.36. The first-order chi connectivity index (χ1) is 6.45. The highest BCUT2D eigenvalue weighted by Gasteiger charge is 2.12. The maximum absolute atomic E-state index is 11.4. The molecule has 78 valence electrons. The van der Waals surface area contributed by atoms with Gasteiger partial charge in [-0.15, -0.1) is 0 Å². The van der Waals surface area contributed by atoms with Crippen LogP contribution >= 0.6 is 15.9 Å². The molecule has 1 aromatic carbocycles. The molecule has 0 amide bonds. The number of halogens is 1. The van der Waals surface area contributed by atoms with Gasteiger partial charge in [0.1, 0.15) is 0 Å². The lowest BCUT2D eigenvalue weighted by atomic mass is 10.2. The third-order valence-electron chi connectivity index (χ3n) is 1.80. The first kappa shape index (κ1) is 11.7. The Hall–Kier alpha value is -0.390. The van der Waals surface area contributed by atoms with Gasteiger partial charge in [0.15, 0.2) is 9.84 Å². The van der Waals surface area contributed by atoms with E-state index >= 15 is 0 Å². The fraction of sp³-hybridized carbons (Fsp3) is 0.333. The largest absolute Gasteiger partial charge is 0.316 e. The fourth-order valence-electron chi connectivity index (χ4n) is 1.21. The van der Waals surface area contributed by atoms with Crippen LogP contribution in [0.4, 0.5) is 0 Å². The number of hydrogen-bond donors (Lipinski definition) is 1. The van der Waals surface area contributed by atoms with Crippen LogP contribution < -0.4 is 5.32 Å². The van der Waals surface area contributed by atoms with E-state index < -0.39 is 9.84 Å². The summed E-state index contributed by atoms with van der Waals surface area (Å²) < 4.78 is 23.6. The van der Waals surface area contributed by atoms with E-state index in [0.717, 1.165) is 10.0 Å². The quantitative estimate of drug-likeness (QED) is 0.913. The Labute approximate surface area is 92.6 Å². The molecule has 0 spiro atoms. The van der Waals surface area contributed by atoms with E-state index in [1.807, 2.05) is 6.07 Å². The predicted octanol–water partition coefficient (Wildman–Crippen LogP) is 1.57. The van der Waals surface area contributed by atoms with Crippen LogP contribution in [0.25, 0.3) is 0 Å². The number of nitrogens with one attached hydrogen (secondary N) is 1. The number of hydrogen-bond acceptors (Lipinski definition) is 3. The Balaban J connectivity index is 3.30. The topological polar surface area (TPSA) is 46.2 Å². The Morgan fingerprint density at radius 3 is 2.57 bits per heavy atom. The Morgan fingerprint density at radius 2 is 2.07 bits per heavy atom. The molecule has 0 bridgehead atoms. The maximum Gasteiger partial charge on any atom is 0.175 e. The molecule has 0 radical (unpaired) electrons. The van der Waals surface area contributed by atoms with Crippen LogP contribution in [0.1, 0.15) is 5.56 Å². The summed E-state index contributed by atoms with van der Waals surface area (Å²) in [6, 6.07) is 5.26. The lowest BCUT2D eigenvalue weighted by Gasteiger charge is -2.07. The van der Waals surface area contributed by atoms with Gasteiger partial charge in [-0.25, -0.2) is 8.42 Å². The fourth-order valence-corrected chi connectivity index (χ4v) is 2.68. The summed E-state index contributed by atoms with van der Waals surface area (Å²) in [5.74, 6) is 0. The van der Waals surface area contributed by atoms with Crippen LogP contribution in [0.2, 0.25) is 0 Å². The Kier molecular flexibility index (Phi) is 3.69. The van der Waals surface area contributed by atoms with Crippen molar-refractivity contribution >= 4 is 25.8 Å². The highest BCUT2D eigenvalue weighted by atomic mass is 79.9. The molecule has 0 unspecified atom stereocenters. The van der Waals surface area contributed by atoms with E-state index in [9.17, 15) is 8.42 Å². The average molecular weight is 278 g/mol. The van der Waals surface area contributed by atoms with Gasteiger partial charge in [-0.05, 0) is 24.7 Å². The molecular weight excluding hydrogens is 266 g/mol. The van der Waals surface area contributed by atoms with Gasteiger partial charge in [0.05, 0.1) is 4.90 Å². The van der Waals surface area contributed by atoms with Crippen molar-refractivity contribution in [2.75, 3.05) is 13.3 Å². The van der Waals surface area contributed by atoms with Crippen molar-refractivity contribution in [2.45, 2.75) is 11.4 Å². The predicted molar refractivity (Wildman–Crippen MR) is 60.0 cm³/mol. The maximum atomic E-state index is 11.4. The summed E-state index contributed by atoms with van der Waals surface area (Å²) in [5, 5.41) is 2.94. The smallest absolute Gasteiger partial charge is 0.175 e. The molecular formula is C9H12BrNO2S. The monoisotopic (exact) mass is 277 g/mol. The van der Waals surface area contributed by atoms with Crippen LogP contribution in [0.15, 0.2) is 27.6 Å². The van der Waals surface area contributed by atoms with E-state index in [0.29, 0.717) is 11.4 Å². The number of benzene rings is 1. The van der Waals surface area contributed by atoms with E-state index in [4.69, 9.17) is 0 Å². The van der Waals surface area contributed by atoms with Gasteiger partial charge < -0.3 is 5.32 Å². The van der Waals surface area contributed by atoms with Gasteiger partial charge in [0, 0.05) is 17.3 Å². The number of rotatable bonds is 3. The van der Waals surface area contributed by atoms with Crippen LogP contribution in [-0.2, 0) is 16.4 Å². The zero-order valence-corrected chi connectivity index (χ0v) is 10.4. The van der Waals surface area contributed by atoms with Crippen molar-refractivity contribution < 1.29 is 8.42 Å². The minimum atomic E-state index is -3.15. The molecule has 0 saturated carbocycles. The molecule has 0 atom stereocenters. The van der Waals surface area contributed by atoms with Crippen molar-refractivity contribution in [3.8, 4) is 0 Å². The van der Waals surface area contributed by atoms with Gasteiger partial charge in [0.25, 0.3) is 0 Å². The van der Waals surface area contributed by atoms with E-state index in [1.165, 1.54) is 6.26 Å². The van der Waals surface area contributed by atoms with Crippen molar-refractivity contribution in [3.63, 3.8) is 0 Å². The molecule has 14 heavy (non-hydrogen) atoms. The molecule has 0 saturated heterocycles. The minimum Gasteiger partial charge on any atom is -0.316 e. The van der Waals surface area contributed by atoms with Crippen molar-refractivity contribution in [1.82, 2.24) is 5.32 Å². The van der Waals surface area contributed by atoms with Crippen molar-refractivity contribution in [2.24, 2.45) is 0 Å². The Morgan fingerprint density at radius 1 is 1.43 bits per heavy atom. The molecule has 1 rings (SSSR count). The van der Waals surface area contributed by atoms with Crippen molar-refractivity contribution in [3.05, 3.63) is 28.2 Å². The van der Waals surface area contributed by atoms with E-state index in [1.54, 1.807) is 19.2 Å². The molecule has 1 N–H and O–H groups in total. The second-order valence-electron chi connectivity index (χ2n) is 3.05. The third kappa shape index (κ3) is 2.80. The lowest BCUT2D eigenvalue weighted by Crippen LogP contribution is -2.10. The highest BCUT2D eigenvalue weighted by molar-refractivity contribution is 9.10. The standard InChI is InChI=1S/C9H12BrNO2S/c1-11-6-7-3-4-8(10)5-9(7)14(2,12)13/h3-5,11H,6H2,1-2H3. The second-order valence-corrected chi connectivity index (χ2v) is 5.95. The molecule has 5 heteroatoms. The SMILES string of the molecule is CNCc1ccc(Br)cc1S(C)(=O)=O. The van der Waals surface area contributed by atoms with Gasteiger partial charge in [-0.1, -0.05) is 22.0 Å². The third-order valence-corrected chi connectivity index (χ3v) is 3.47. The average Bonchev–Trinajstić information content (AvgIpc) is 2.07. The molecule has 0 fully saturated rings. The van der Waals surface area contributed by atoms with Crippen LogP contribution in [-0.4, -0.2) is 21.7 Å². The highest BCUT2D eigenvalue weighted by Crippen LogP contribution is 2.20. The molecule has 0 heterocycles. The summed E-state index contributed by atoms with van der Waals surface area (Å²) in [6.45, 7) is 0.551. The summed E-state index contributed by atoms with van der Waals surface area (Å²) >= 11 is 3.26. The van der Waals surface area contributed by atoms with E-state index in [-0.39, 0.29) is 0 Å². The zero-order valence-electron chi connectivity index (χ0n) is 8.04. The molecule has 3 nitrogen and oxygen atoms in total. The minimum absolute atomic E-state index is 0.376. The molecule has 0 aliphatic rings. The summed E-state index contributed by atoms with van der Waals surface area (Å²) in [5.41, 5.74) is 0.790. The second kappa shape index (κ2) is 4.42. The summed E-state index contributed by atoms with van der Waals surface area (Å²) in [6.07, 6.45) is 1.22. The van der Waals surface area contributed by atoms with Crippen LogP contribution in [0, 0.1) is 0 Å². The lowest BCUT2D eigenvalue weighted by molar-refractivity contribution is 0.600. The molecule has 0 aromatic heterocycles. The van der Waals surface area contributed by atoms with Gasteiger partial charge in [-0.2, -0.15) is 0 Å². The van der Waals surface area contributed by atoms with Crippen LogP contribution in [0.3, 0.4) is 0 Å². The van der Waals surface area contributed by atoms with Gasteiger partial charge in [-0.3, -0.25) is 0 Å². The molecule has 0 aliphatic carbocycles. The Bertz CT molecular complexity index is 428. The first-order valence-electron chi connectivity index (χ1n) is 4.08.